The topological polar surface area (TPSA) is 62.6 Å². The fraction of sp³-hybridized carbons (Fsp3) is 0.684. The summed E-state index contributed by atoms with van der Waals surface area (Å²) in [6.45, 7) is 2.28. The highest BCUT2D eigenvalue weighted by molar-refractivity contribution is 5.81. The molecule has 1 aromatic rings. The molecule has 24 heavy (non-hydrogen) atoms. The maximum atomic E-state index is 12.7. The smallest absolute Gasteiger partial charge is 0.225 e. The van der Waals surface area contributed by atoms with E-state index in [1.54, 1.807) is 6.26 Å². The van der Waals surface area contributed by atoms with Gasteiger partial charge in [-0.1, -0.05) is 12.8 Å². The number of amides is 2. The van der Waals surface area contributed by atoms with Gasteiger partial charge in [0, 0.05) is 24.9 Å². The van der Waals surface area contributed by atoms with Gasteiger partial charge >= 0.3 is 0 Å². The van der Waals surface area contributed by atoms with Gasteiger partial charge in [0.1, 0.15) is 5.76 Å². The second kappa shape index (κ2) is 8.36. The molecule has 5 nitrogen and oxygen atoms in total. The van der Waals surface area contributed by atoms with Crippen molar-refractivity contribution in [3.8, 4) is 0 Å². The summed E-state index contributed by atoms with van der Waals surface area (Å²) < 4.78 is 5.23. The normalized spacial score (nSPS) is 25.1. The molecule has 2 fully saturated rings. The third-order valence-electron chi connectivity index (χ3n) is 5.38. The van der Waals surface area contributed by atoms with Crippen LogP contribution in [0.3, 0.4) is 0 Å². The van der Waals surface area contributed by atoms with Crippen LogP contribution in [0.4, 0.5) is 0 Å². The standard InChI is InChI=1S/C19H28N2O3/c22-18(20-14-17-6-5-13-24-17)15-7-9-16(10-8-15)19(23)21-11-3-1-2-4-12-21/h5-6,13,15-16H,1-4,7-12,14H2,(H,20,22). The summed E-state index contributed by atoms with van der Waals surface area (Å²) in [4.78, 5) is 27.0. The summed E-state index contributed by atoms with van der Waals surface area (Å²) in [6.07, 6.45) is 9.68. The van der Waals surface area contributed by atoms with Crippen LogP contribution in [0.5, 0.6) is 0 Å². The largest absolute Gasteiger partial charge is 0.467 e. The molecule has 1 aliphatic carbocycles. The van der Waals surface area contributed by atoms with Crippen LogP contribution in [0.2, 0.25) is 0 Å². The summed E-state index contributed by atoms with van der Waals surface area (Å²) in [5.74, 6) is 1.34. The van der Waals surface area contributed by atoms with Crippen LogP contribution in [0.1, 0.15) is 57.1 Å². The van der Waals surface area contributed by atoms with Crippen LogP contribution >= 0.6 is 0 Å². The SMILES string of the molecule is O=C(NCc1ccco1)C1CCC(C(=O)N2CCCCCC2)CC1. The van der Waals surface area contributed by atoms with E-state index in [1.165, 1.54) is 12.8 Å². The fourth-order valence-corrected chi connectivity index (χ4v) is 3.88. The Hall–Kier alpha value is -1.78. The molecule has 3 rings (SSSR count). The first kappa shape index (κ1) is 17.1. The van der Waals surface area contributed by atoms with Crippen molar-refractivity contribution >= 4 is 11.8 Å². The molecule has 0 atom stereocenters. The predicted octanol–water partition coefficient (Wildman–Crippen LogP) is 3.10. The van der Waals surface area contributed by atoms with Gasteiger partial charge < -0.3 is 14.6 Å². The number of nitrogens with one attached hydrogen (secondary N) is 1. The minimum atomic E-state index is 0.0353. The Morgan fingerprint density at radius 1 is 1.04 bits per heavy atom. The molecule has 2 heterocycles. The summed E-state index contributed by atoms with van der Waals surface area (Å²) >= 11 is 0. The highest BCUT2D eigenvalue weighted by Gasteiger charge is 2.32. The van der Waals surface area contributed by atoms with E-state index in [0.29, 0.717) is 12.5 Å². The van der Waals surface area contributed by atoms with Gasteiger partial charge in [0.15, 0.2) is 0 Å². The molecule has 1 aromatic heterocycles. The molecule has 0 unspecified atom stereocenters. The molecule has 0 bridgehead atoms. The number of likely N-dealkylation sites (tertiary alicyclic amines) is 1. The van der Waals surface area contributed by atoms with Gasteiger partial charge in [0.05, 0.1) is 12.8 Å². The zero-order valence-corrected chi connectivity index (χ0v) is 14.3. The lowest BCUT2D eigenvalue weighted by Crippen LogP contribution is -2.40. The molecule has 2 aliphatic rings. The quantitative estimate of drug-likeness (QED) is 0.921. The molecular weight excluding hydrogens is 304 g/mol. The van der Waals surface area contributed by atoms with Gasteiger partial charge in [0.25, 0.3) is 0 Å². The summed E-state index contributed by atoms with van der Waals surface area (Å²) in [6, 6.07) is 3.68. The Labute approximate surface area is 143 Å². The molecule has 2 amide bonds. The molecule has 1 N–H and O–H groups in total. The lowest BCUT2D eigenvalue weighted by molar-refractivity contribution is -0.138. The van der Waals surface area contributed by atoms with Crippen molar-refractivity contribution in [1.29, 1.82) is 0 Å². The molecule has 0 aromatic carbocycles. The van der Waals surface area contributed by atoms with Crippen molar-refractivity contribution in [3.63, 3.8) is 0 Å². The third-order valence-corrected chi connectivity index (χ3v) is 5.38. The summed E-state index contributed by atoms with van der Waals surface area (Å²) in [5, 5.41) is 2.94. The minimum Gasteiger partial charge on any atom is -0.467 e. The molecule has 0 radical (unpaired) electrons. The number of rotatable bonds is 4. The lowest BCUT2D eigenvalue weighted by atomic mass is 9.81. The van der Waals surface area contributed by atoms with Crippen molar-refractivity contribution < 1.29 is 14.0 Å². The first-order chi connectivity index (χ1) is 11.7. The number of hydrogen-bond acceptors (Lipinski definition) is 3. The molecule has 1 aliphatic heterocycles. The van der Waals surface area contributed by atoms with E-state index in [-0.39, 0.29) is 17.7 Å². The molecule has 1 saturated heterocycles. The number of furan rings is 1. The second-order valence-electron chi connectivity index (χ2n) is 7.09. The first-order valence-corrected chi connectivity index (χ1v) is 9.33. The van der Waals surface area contributed by atoms with Crippen molar-refractivity contribution in [1.82, 2.24) is 10.2 Å². The number of hydrogen-bond donors (Lipinski definition) is 1. The predicted molar refractivity (Wildman–Crippen MR) is 91.1 cm³/mol. The minimum absolute atomic E-state index is 0.0353. The Bertz CT molecular complexity index is 525. The molecule has 0 spiro atoms. The van der Waals surface area contributed by atoms with Crippen LogP contribution < -0.4 is 5.32 Å². The van der Waals surface area contributed by atoms with E-state index in [4.69, 9.17) is 4.42 Å². The monoisotopic (exact) mass is 332 g/mol. The van der Waals surface area contributed by atoms with Crippen molar-refractivity contribution in [2.45, 2.75) is 57.9 Å². The van der Waals surface area contributed by atoms with Gasteiger partial charge in [-0.05, 0) is 50.7 Å². The van der Waals surface area contributed by atoms with E-state index >= 15 is 0 Å². The van der Waals surface area contributed by atoms with Gasteiger partial charge in [-0.2, -0.15) is 0 Å². The molecule has 1 saturated carbocycles. The fourth-order valence-electron chi connectivity index (χ4n) is 3.88. The second-order valence-corrected chi connectivity index (χ2v) is 7.09. The van der Waals surface area contributed by atoms with Gasteiger partial charge in [0.2, 0.25) is 11.8 Å². The van der Waals surface area contributed by atoms with E-state index in [0.717, 1.165) is 57.4 Å². The van der Waals surface area contributed by atoms with Crippen molar-refractivity contribution in [2.24, 2.45) is 11.8 Å². The Balaban J connectivity index is 1.43. The Kier molecular flexibility index (Phi) is 5.94. The Morgan fingerprint density at radius 3 is 2.33 bits per heavy atom. The van der Waals surface area contributed by atoms with E-state index in [1.807, 2.05) is 12.1 Å². The zero-order valence-electron chi connectivity index (χ0n) is 14.3. The average Bonchev–Trinajstić information content (AvgIpc) is 2.99. The van der Waals surface area contributed by atoms with Crippen LogP contribution in [-0.2, 0) is 16.1 Å². The van der Waals surface area contributed by atoms with Crippen LogP contribution in [0.15, 0.2) is 22.8 Å². The van der Waals surface area contributed by atoms with Gasteiger partial charge in [-0.15, -0.1) is 0 Å². The van der Waals surface area contributed by atoms with Gasteiger partial charge in [-0.3, -0.25) is 9.59 Å². The highest BCUT2D eigenvalue weighted by atomic mass is 16.3. The number of carbonyl (C=O) groups excluding carboxylic acids is 2. The van der Waals surface area contributed by atoms with Gasteiger partial charge in [-0.25, -0.2) is 0 Å². The maximum Gasteiger partial charge on any atom is 0.225 e. The van der Waals surface area contributed by atoms with E-state index in [9.17, 15) is 9.59 Å². The van der Waals surface area contributed by atoms with Crippen LogP contribution in [-0.4, -0.2) is 29.8 Å². The lowest BCUT2D eigenvalue weighted by Gasteiger charge is -2.31. The third kappa shape index (κ3) is 4.40. The van der Waals surface area contributed by atoms with Crippen LogP contribution in [0, 0.1) is 11.8 Å². The van der Waals surface area contributed by atoms with Crippen molar-refractivity contribution in [3.05, 3.63) is 24.2 Å². The Morgan fingerprint density at radius 2 is 1.71 bits per heavy atom. The molecular formula is C19H28N2O3. The number of nitrogens with zero attached hydrogens (tertiary/aromatic N) is 1. The highest BCUT2D eigenvalue weighted by Crippen LogP contribution is 2.31. The first-order valence-electron chi connectivity index (χ1n) is 9.33. The van der Waals surface area contributed by atoms with E-state index < -0.39 is 0 Å². The molecule has 132 valence electrons. The zero-order chi connectivity index (χ0) is 16.8. The summed E-state index contributed by atoms with van der Waals surface area (Å²) in [7, 11) is 0. The average molecular weight is 332 g/mol. The van der Waals surface area contributed by atoms with E-state index in [2.05, 4.69) is 10.2 Å². The summed E-state index contributed by atoms with van der Waals surface area (Å²) in [5.41, 5.74) is 0. The maximum absolute atomic E-state index is 12.7. The van der Waals surface area contributed by atoms with Crippen LogP contribution in [0.25, 0.3) is 0 Å². The van der Waals surface area contributed by atoms with Crippen molar-refractivity contribution in [2.75, 3.05) is 13.1 Å². The number of carbonyl (C=O) groups is 2. The molecule has 5 heteroatoms.